The van der Waals surface area contributed by atoms with Crippen LogP contribution in [0.25, 0.3) is 0 Å². The lowest BCUT2D eigenvalue weighted by Crippen LogP contribution is -2.39. The van der Waals surface area contributed by atoms with E-state index in [-0.39, 0.29) is 30.0 Å². The number of hydrogen-bond acceptors (Lipinski definition) is 4. The Hall–Kier alpha value is -1.62. The first-order valence-electron chi connectivity index (χ1n) is 5.62. The van der Waals surface area contributed by atoms with Crippen LogP contribution in [0.5, 0.6) is 5.75 Å². The zero-order valence-corrected chi connectivity index (χ0v) is 10.1. The fourth-order valence-electron chi connectivity index (χ4n) is 1.52. The van der Waals surface area contributed by atoms with E-state index >= 15 is 0 Å². The molecule has 1 rings (SSSR count). The van der Waals surface area contributed by atoms with Crippen LogP contribution in [-0.4, -0.2) is 33.8 Å². The Labute approximate surface area is 101 Å². The van der Waals surface area contributed by atoms with Crippen molar-refractivity contribution in [2.24, 2.45) is 5.92 Å². The van der Waals surface area contributed by atoms with E-state index in [1.165, 1.54) is 12.3 Å². The fraction of sp³-hybridized carbons (Fsp3) is 0.500. The van der Waals surface area contributed by atoms with Gasteiger partial charge in [0.15, 0.2) is 5.69 Å². The Morgan fingerprint density at radius 1 is 1.53 bits per heavy atom. The van der Waals surface area contributed by atoms with Crippen LogP contribution >= 0.6 is 0 Å². The number of aromatic hydroxyl groups is 1. The van der Waals surface area contributed by atoms with Crippen LogP contribution in [0.3, 0.4) is 0 Å². The molecule has 0 bridgehead atoms. The lowest BCUT2D eigenvalue weighted by Gasteiger charge is -2.21. The number of aromatic nitrogens is 1. The normalized spacial score (nSPS) is 12.5. The second-order valence-corrected chi connectivity index (χ2v) is 4.21. The van der Waals surface area contributed by atoms with Gasteiger partial charge in [-0.1, -0.05) is 13.8 Å². The first kappa shape index (κ1) is 13.4. The number of hydrogen-bond donors (Lipinski definition) is 3. The van der Waals surface area contributed by atoms with E-state index in [0.29, 0.717) is 6.42 Å². The van der Waals surface area contributed by atoms with E-state index < -0.39 is 5.91 Å². The molecule has 1 heterocycles. The largest absolute Gasteiger partial charge is 0.505 e. The SMILES string of the molecule is CC(C)C(CCO)NC(=O)c1ncccc1O. The van der Waals surface area contributed by atoms with Gasteiger partial charge in [-0.2, -0.15) is 0 Å². The highest BCUT2D eigenvalue weighted by molar-refractivity contribution is 5.94. The van der Waals surface area contributed by atoms with Gasteiger partial charge in [-0.15, -0.1) is 0 Å². The van der Waals surface area contributed by atoms with Crippen LogP contribution in [0.1, 0.15) is 30.8 Å². The topological polar surface area (TPSA) is 82.5 Å². The third-order valence-corrected chi connectivity index (χ3v) is 2.56. The number of carbonyl (C=O) groups is 1. The van der Waals surface area contributed by atoms with Gasteiger partial charge in [-0.3, -0.25) is 4.79 Å². The number of aliphatic hydroxyl groups excluding tert-OH is 1. The Balaban J connectivity index is 2.74. The third kappa shape index (κ3) is 3.71. The molecule has 94 valence electrons. The van der Waals surface area contributed by atoms with E-state index in [0.717, 1.165) is 0 Å². The minimum Gasteiger partial charge on any atom is -0.505 e. The molecular formula is C12H18N2O3. The molecule has 0 saturated carbocycles. The van der Waals surface area contributed by atoms with E-state index in [2.05, 4.69) is 10.3 Å². The van der Waals surface area contributed by atoms with Crippen LogP contribution < -0.4 is 5.32 Å². The highest BCUT2D eigenvalue weighted by atomic mass is 16.3. The fourth-order valence-corrected chi connectivity index (χ4v) is 1.52. The summed E-state index contributed by atoms with van der Waals surface area (Å²) in [6.07, 6.45) is 1.93. The maximum atomic E-state index is 11.8. The summed E-state index contributed by atoms with van der Waals surface area (Å²) in [6, 6.07) is 2.84. The summed E-state index contributed by atoms with van der Waals surface area (Å²) in [5.74, 6) is -0.358. The Bertz CT molecular complexity index is 380. The third-order valence-electron chi connectivity index (χ3n) is 2.56. The minimum atomic E-state index is -0.421. The second kappa shape index (κ2) is 6.20. The second-order valence-electron chi connectivity index (χ2n) is 4.21. The first-order chi connectivity index (χ1) is 8.06. The number of pyridine rings is 1. The van der Waals surface area contributed by atoms with Gasteiger partial charge >= 0.3 is 0 Å². The van der Waals surface area contributed by atoms with E-state index in [1.807, 2.05) is 13.8 Å². The van der Waals surface area contributed by atoms with Crippen molar-refractivity contribution in [3.8, 4) is 5.75 Å². The molecule has 0 fully saturated rings. The summed E-state index contributed by atoms with van der Waals surface area (Å²) in [7, 11) is 0. The molecule has 5 heteroatoms. The number of nitrogens with one attached hydrogen (secondary N) is 1. The maximum Gasteiger partial charge on any atom is 0.273 e. The van der Waals surface area contributed by atoms with Crippen LogP contribution in [0.4, 0.5) is 0 Å². The summed E-state index contributed by atoms with van der Waals surface area (Å²) in [5, 5.41) is 21.1. The molecular weight excluding hydrogens is 220 g/mol. The Morgan fingerprint density at radius 3 is 2.76 bits per heavy atom. The molecule has 0 saturated heterocycles. The van der Waals surface area contributed by atoms with Crippen LogP contribution in [-0.2, 0) is 0 Å². The lowest BCUT2D eigenvalue weighted by molar-refractivity contribution is 0.0908. The molecule has 1 aromatic heterocycles. The highest BCUT2D eigenvalue weighted by Crippen LogP contribution is 2.14. The summed E-state index contributed by atoms with van der Waals surface area (Å²) >= 11 is 0. The van der Waals surface area contributed by atoms with Gasteiger partial charge in [0.05, 0.1) is 0 Å². The van der Waals surface area contributed by atoms with Gasteiger partial charge in [-0.05, 0) is 24.5 Å². The number of carbonyl (C=O) groups excluding carboxylic acids is 1. The van der Waals surface area contributed by atoms with Crippen molar-refractivity contribution in [1.82, 2.24) is 10.3 Å². The zero-order chi connectivity index (χ0) is 12.8. The monoisotopic (exact) mass is 238 g/mol. The molecule has 0 radical (unpaired) electrons. The summed E-state index contributed by atoms with van der Waals surface area (Å²) < 4.78 is 0. The van der Waals surface area contributed by atoms with Gasteiger partial charge in [0, 0.05) is 18.8 Å². The van der Waals surface area contributed by atoms with Crippen molar-refractivity contribution in [3.05, 3.63) is 24.0 Å². The Morgan fingerprint density at radius 2 is 2.24 bits per heavy atom. The highest BCUT2D eigenvalue weighted by Gasteiger charge is 2.19. The molecule has 1 unspecified atom stereocenters. The molecule has 0 spiro atoms. The van der Waals surface area contributed by atoms with Gasteiger partial charge in [0.2, 0.25) is 0 Å². The average Bonchev–Trinajstić information content (AvgIpc) is 2.28. The molecule has 1 atom stereocenters. The van der Waals surface area contributed by atoms with Crippen molar-refractivity contribution >= 4 is 5.91 Å². The summed E-state index contributed by atoms with van der Waals surface area (Å²) in [4.78, 5) is 15.7. The van der Waals surface area contributed by atoms with E-state index in [9.17, 15) is 9.90 Å². The molecule has 0 aromatic carbocycles. The smallest absolute Gasteiger partial charge is 0.273 e. The molecule has 0 aliphatic carbocycles. The molecule has 0 aliphatic heterocycles. The van der Waals surface area contributed by atoms with Gasteiger partial charge < -0.3 is 15.5 Å². The lowest BCUT2D eigenvalue weighted by atomic mass is 10.0. The summed E-state index contributed by atoms with van der Waals surface area (Å²) in [5.41, 5.74) is 0.0103. The van der Waals surface area contributed by atoms with Crippen LogP contribution in [0.2, 0.25) is 0 Å². The van der Waals surface area contributed by atoms with Crippen molar-refractivity contribution in [3.63, 3.8) is 0 Å². The van der Waals surface area contributed by atoms with E-state index in [4.69, 9.17) is 5.11 Å². The molecule has 1 amide bonds. The predicted octanol–water partition coefficient (Wildman–Crippen LogP) is 0.924. The Kier molecular flexibility index (Phi) is 4.90. The van der Waals surface area contributed by atoms with Gasteiger partial charge in [-0.25, -0.2) is 4.98 Å². The summed E-state index contributed by atoms with van der Waals surface area (Å²) in [6.45, 7) is 3.93. The molecule has 0 aliphatic rings. The number of nitrogens with zero attached hydrogens (tertiary/aromatic N) is 1. The number of rotatable bonds is 5. The van der Waals surface area contributed by atoms with E-state index in [1.54, 1.807) is 6.07 Å². The van der Waals surface area contributed by atoms with Gasteiger partial charge in [0.25, 0.3) is 5.91 Å². The van der Waals surface area contributed by atoms with Crippen molar-refractivity contribution < 1.29 is 15.0 Å². The van der Waals surface area contributed by atoms with Crippen LogP contribution in [0.15, 0.2) is 18.3 Å². The van der Waals surface area contributed by atoms with Crippen molar-refractivity contribution in [2.75, 3.05) is 6.61 Å². The molecule has 3 N–H and O–H groups in total. The molecule has 17 heavy (non-hydrogen) atoms. The minimum absolute atomic E-state index is 0.0103. The van der Waals surface area contributed by atoms with Crippen LogP contribution in [0, 0.1) is 5.92 Å². The number of amides is 1. The molecule has 1 aromatic rings. The van der Waals surface area contributed by atoms with Crippen molar-refractivity contribution in [1.29, 1.82) is 0 Å². The first-order valence-corrected chi connectivity index (χ1v) is 5.62. The molecule has 5 nitrogen and oxygen atoms in total. The van der Waals surface area contributed by atoms with Gasteiger partial charge in [0.1, 0.15) is 5.75 Å². The zero-order valence-electron chi connectivity index (χ0n) is 10.1. The standard InChI is InChI=1S/C12H18N2O3/c1-8(2)9(5-7-15)14-12(17)11-10(16)4-3-6-13-11/h3-4,6,8-9,15-16H,5,7H2,1-2H3,(H,14,17). The predicted molar refractivity (Wildman–Crippen MR) is 63.7 cm³/mol. The maximum absolute atomic E-state index is 11.8. The average molecular weight is 238 g/mol. The quantitative estimate of drug-likeness (QED) is 0.712. The van der Waals surface area contributed by atoms with Crippen molar-refractivity contribution in [2.45, 2.75) is 26.3 Å². The number of aliphatic hydroxyl groups is 1.